The third-order valence-electron chi connectivity index (χ3n) is 1.97. The van der Waals surface area contributed by atoms with E-state index in [0.717, 1.165) is 5.56 Å². The zero-order valence-electron chi connectivity index (χ0n) is 9.30. The highest BCUT2D eigenvalue weighted by Gasteiger charge is 1.96. The van der Waals surface area contributed by atoms with Crippen molar-refractivity contribution in [3.05, 3.63) is 58.3 Å². The summed E-state index contributed by atoms with van der Waals surface area (Å²) in [7, 11) is 0. The maximum Gasteiger partial charge on any atom is 0.226 e. The first-order chi connectivity index (χ1) is 8.22. The number of nitrogens with two attached hydrogens (primary N) is 1. The molecule has 4 heteroatoms. The van der Waals surface area contributed by atoms with Gasteiger partial charge in [0.15, 0.2) is 0 Å². The Bertz CT molecular complexity index is 428. The fraction of sp³-hybridized carbons (Fsp3) is 0.154. The van der Waals surface area contributed by atoms with E-state index in [0.29, 0.717) is 13.0 Å². The van der Waals surface area contributed by atoms with E-state index in [9.17, 15) is 4.79 Å². The highest BCUT2D eigenvalue weighted by atomic mass is 35.5. The van der Waals surface area contributed by atoms with Crippen LogP contribution in [0, 0.1) is 0 Å². The molecule has 2 rings (SSSR count). The van der Waals surface area contributed by atoms with Crippen molar-refractivity contribution in [2.24, 2.45) is 5.73 Å². The van der Waals surface area contributed by atoms with Crippen LogP contribution in [0.1, 0.15) is 10.4 Å². The van der Waals surface area contributed by atoms with Crippen molar-refractivity contribution in [2.75, 3.05) is 0 Å². The lowest BCUT2D eigenvalue weighted by Gasteiger charge is -1.92. The largest absolute Gasteiger partial charge is 0.326 e. The van der Waals surface area contributed by atoms with Crippen LogP contribution in [-0.4, -0.2) is 5.24 Å². The number of rotatable bonds is 3. The maximum atomic E-state index is 10.4. The van der Waals surface area contributed by atoms with Gasteiger partial charge >= 0.3 is 0 Å². The van der Waals surface area contributed by atoms with E-state index in [1.54, 1.807) is 11.3 Å². The average Bonchev–Trinajstić information content (AvgIpc) is 2.83. The number of carbonyl (C=O) groups excluding carboxylic acids is 1. The summed E-state index contributed by atoms with van der Waals surface area (Å²) >= 11 is 6.87. The van der Waals surface area contributed by atoms with Gasteiger partial charge in [0.25, 0.3) is 0 Å². The Morgan fingerprint density at radius 3 is 2.29 bits per heavy atom. The van der Waals surface area contributed by atoms with Crippen LogP contribution in [0.3, 0.4) is 0 Å². The standard InChI is InChI=1S/C8H7ClO.C5H7NS/c9-8(10)6-7-4-2-1-3-5-7;6-4-5-2-1-3-7-5/h1-5H,6H2;1-3H,4,6H2. The molecule has 0 amide bonds. The highest BCUT2D eigenvalue weighted by molar-refractivity contribution is 7.09. The Morgan fingerprint density at radius 1 is 1.18 bits per heavy atom. The molecular formula is C13H14ClNOS. The van der Waals surface area contributed by atoms with E-state index in [1.807, 2.05) is 47.8 Å². The SMILES string of the molecule is NCc1cccs1.O=C(Cl)Cc1ccccc1. The van der Waals surface area contributed by atoms with Crippen LogP contribution >= 0.6 is 22.9 Å². The minimum Gasteiger partial charge on any atom is -0.326 e. The first-order valence-corrected chi connectivity index (χ1v) is 6.43. The van der Waals surface area contributed by atoms with Gasteiger partial charge < -0.3 is 5.73 Å². The number of hydrogen-bond acceptors (Lipinski definition) is 3. The number of hydrogen-bond donors (Lipinski definition) is 1. The zero-order chi connectivity index (χ0) is 12.5. The summed E-state index contributed by atoms with van der Waals surface area (Å²) in [4.78, 5) is 11.6. The van der Waals surface area contributed by atoms with E-state index in [4.69, 9.17) is 17.3 Å². The first-order valence-electron chi connectivity index (χ1n) is 5.17. The van der Waals surface area contributed by atoms with Crippen molar-refractivity contribution in [1.29, 1.82) is 0 Å². The van der Waals surface area contributed by atoms with Crippen LogP contribution in [0.2, 0.25) is 0 Å². The molecule has 0 unspecified atom stereocenters. The second-order valence-electron chi connectivity index (χ2n) is 3.30. The Kier molecular flexibility index (Phi) is 6.55. The van der Waals surface area contributed by atoms with E-state index >= 15 is 0 Å². The molecule has 1 aromatic heterocycles. The van der Waals surface area contributed by atoms with Gasteiger partial charge in [0.05, 0.1) is 0 Å². The van der Waals surface area contributed by atoms with E-state index in [2.05, 4.69) is 0 Å². The van der Waals surface area contributed by atoms with Crippen LogP contribution in [0.5, 0.6) is 0 Å². The van der Waals surface area contributed by atoms with E-state index in [1.165, 1.54) is 4.88 Å². The van der Waals surface area contributed by atoms with E-state index in [-0.39, 0.29) is 5.24 Å². The molecule has 0 aliphatic heterocycles. The topological polar surface area (TPSA) is 43.1 Å². The predicted molar refractivity (Wildman–Crippen MR) is 73.2 cm³/mol. The third-order valence-corrected chi connectivity index (χ3v) is 3.00. The molecular weight excluding hydrogens is 254 g/mol. The molecule has 1 aromatic carbocycles. The molecule has 90 valence electrons. The van der Waals surface area contributed by atoms with Crippen molar-refractivity contribution in [2.45, 2.75) is 13.0 Å². The van der Waals surface area contributed by atoms with Crippen molar-refractivity contribution < 1.29 is 4.79 Å². The quantitative estimate of drug-likeness (QED) is 0.868. The fourth-order valence-corrected chi connectivity index (χ4v) is 1.92. The second kappa shape index (κ2) is 8.01. The molecule has 0 radical (unpaired) electrons. The van der Waals surface area contributed by atoms with Crippen molar-refractivity contribution in [3.63, 3.8) is 0 Å². The van der Waals surface area contributed by atoms with Gasteiger partial charge in [-0.1, -0.05) is 36.4 Å². The molecule has 0 saturated carbocycles. The average molecular weight is 268 g/mol. The van der Waals surface area contributed by atoms with Crippen molar-refractivity contribution in [3.8, 4) is 0 Å². The van der Waals surface area contributed by atoms with Gasteiger partial charge in [-0.05, 0) is 28.6 Å². The molecule has 0 atom stereocenters. The van der Waals surface area contributed by atoms with Gasteiger partial charge in [0, 0.05) is 17.8 Å². The van der Waals surface area contributed by atoms with Gasteiger partial charge in [-0.2, -0.15) is 0 Å². The monoisotopic (exact) mass is 267 g/mol. The minimum atomic E-state index is -0.314. The molecule has 0 spiro atoms. The summed E-state index contributed by atoms with van der Waals surface area (Å²) < 4.78 is 0. The number of benzene rings is 1. The van der Waals surface area contributed by atoms with Gasteiger partial charge in [-0.25, -0.2) is 0 Å². The molecule has 0 aliphatic carbocycles. The van der Waals surface area contributed by atoms with Crippen molar-refractivity contribution in [1.82, 2.24) is 0 Å². The Hall–Kier alpha value is -1.16. The minimum absolute atomic E-state index is 0.314. The van der Waals surface area contributed by atoms with Gasteiger partial charge in [-0.15, -0.1) is 11.3 Å². The fourth-order valence-electron chi connectivity index (χ4n) is 1.19. The molecule has 2 nitrogen and oxygen atoms in total. The lowest BCUT2D eigenvalue weighted by Crippen LogP contribution is -1.91. The molecule has 0 bridgehead atoms. The van der Waals surface area contributed by atoms with Crippen LogP contribution in [-0.2, 0) is 17.8 Å². The van der Waals surface area contributed by atoms with E-state index < -0.39 is 0 Å². The number of thiophene rings is 1. The van der Waals surface area contributed by atoms with Crippen LogP contribution in [0.15, 0.2) is 47.8 Å². The van der Waals surface area contributed by atoms with Gasteiger partial charge in [0.1, 0.15) is 0 Å². The Labute approximate surface area is 110 Å². The zero-order valence-corrected chi connectivity index (χ0v) is 10.9. The summed E-state index contributed by atoms with van der Waals surface area (Å²) in [5.41, 5.74) is 6.27. The van der Waals surface area contributed by atoms with Crippen LogP contribution < -0.4 is 5.73 Å². The lowest BCUT2D eigenvalue weighted by molar-refractivity contribution is -0.111. The van der Waals surface area contributed by atoms with Gasteiger partial charge in [0.2, 0.25) is 5.24 Å². The molecule has 17 heavy (non-hydrogen) atoms. The Balaban J connectivity index is 0.000000181. The molecule has 2 aromatic rings. The normalized spacial score (nSPS) is 9.29. The number of carbonyl (C=O) groups is 1. The predicted octanol–water partition coefficient (Wildman–Crippen LogP) is 3.20. The number of halogens is 1. The van der Waals surface area contributed by atoms with Crippen molar-refractivity contribution >= 4 is 28.2 Å². The first kappa shape index (κ1) is 13.9. The Morgan fingerprint density at radius 2 is 1.88 bits per heavy atom. The van der Waals surface area contributed by atoms with Crippen LogP contribution in [0.25, 0.3) is 0 Å². The highest BCUT2D eigenvalue weighted by Crippen LogP contribution is 2.05. The molecule has 0 fully saturated rings. The van der Waals surface area contributed by atoms with Crippen LogP contribution in [0.4, 0.5) is 0 Å². The summed E-state index contributed by atoms with van der Waals surface area (Å²) in [6.45, 7) is 0.678. The summed E-state index contributed by atoms with van der Waals surface area (Å²) in [6, 6.07) is 13.5. The molecule has 0 saturated heterocycles. The molecule has 0 aliphatic rings. The summed E-state index contributed by atoms with van der Waals surface area (Å²) in [6.07, 6.45) is 0.322. The summed E-state index contributed by atoms with van der Waals surface area (Å²) in [5.74, 6) is 0. The smallest absolute Gasteiger partial charge is 0.226 e. The maximum absolute atomic E-state index is 10.4. The third kappa shape index (κ3) is 6.22. The molecule has 2 N–H and O–H groups in total. The summed E-state index contributed by atoms with van der Waals surface area (Å²) in [5, 5.41) is 1.72. The molecule has 1 heterocycles. The van der Waals surface area contributed by atoms with Gasteiger partial charge in [-0.3, -0.25) is 4.79 Å². The lowest BCUT2D eigenvalue weighted by atomic mass is 10.2. The second-order valence-corrected chi connectivity index (χ2v) is 4.75.